The van der Waals surface area contributed by atoms with E-state index in [2.05, 4.69) is 12.1 Å². The minimum atomic E-state index is 0.229. The summed E-state index contributed by atoms with van der Waals surface area (Å²) in [4.78, 5) is 3.51. The van der Waals surface area contributed by atoms with Crippen LogP contribution in [-0.4, -0.2) is 50.2 Å². The van der Waals surface area contributed by atoms with Crippen LogP contribution in [0.5, 0.6) is 0 Å². The summed E-state index contributed by atoms with van der Waals surface area (Å²) in [5, 5.41) is 13.2. The van der Waals surface area contributed by atoms with Gasteiger partial charge >= 0.3 is 0 Å². The molecule has 4 bridgehead atoms. The fourth-order valence-electron chi connectivity index (χ4n) is 4.48. The summed E-state index contributed by atoms with van der Waals surface area (Å²) in [5.74, 6) is 0.548. The van der Waals surface area contributed by atoms with E-state index in [0.717, 1.165) is 5.71 Å². The topological polar surface area (TPSA) is 41.5 Å². The van der Waals surface area contributed by atoms with Gasteiger partial charge in [0.2, 0.25) is 0 Å². The Morgan fingerprint density at radius 1 is 1.29 bits per heavy atom. The highest BCUT2D eigenvalue weighted by molar-refractivity contribution is 5.93. The quantitative estimate of drug-likeness (QED) is 0.404. The number of hydrogen-bond donors (Lipinski definition) is 3. The average molecular weight is 239 g/mol. The molecule has 0 aromatic heterocycles. The molecule has 2 atom stereocenters. The first kappa shape index (κ1) is 11.5. The van der Waals surface area contributed by atoms with Crippen LogP contribution in [0, 0.1) is 11.3 Å². The molecule has 0 spiro atoms. The molecular formula is C13H25N3O+2. The van der Waals surface area contributed by atoms with Crippen LogP contribution in [-0.2, 0) is 0 Å². The van der Waals surface area contributed by atoms with E-state index >= 15 is 0 Å². The fourth-order valence-corrected chi connectivity index (χ4v) is 4.48. The maximum atomic E-state index is 9.42. The molecule has 4 nitrogen and oxygen atoms in total. The van der Waals surface area contributed by atoms with E-state index in [4.69, 9.17) is 0 Å². The number of hydrogen-bond acceptors (Lipinski definition) is 2. The van der Waals surface area contributed by atoms with E-state index in [1.54, 1.807) is 9.80 Å². The molecule has 4 fully saturated rings. The number of oxime groups is 1. The number of fused-ring (bicyclic) bond motifs is 1. The molecular weight excluding hydrogens is 214 g/mol. The highest BCUT2D eigenvalue weighted by atomic mass is 16.4. The number of nitrogens with zero attached hydrogens (tertiary/aromatic N) is 1. The lowest BCUT2D eigenvalue weighted by Gasteiger charge is -2.45. The summed E-state index contributed by atoms with van der Waals surface area (Å²) in [5.41, 5.74) is 1.38. The summed E-state index contributed by atoms with van der Waals surface area (Å²) in [6.07, 6.45) is 3.74. The summed E-state index contributed by atoms with van der Waals surface area (Å²) < 4.78 is 0. The van der Waals surface area contributed by atoms with Gasteiger partial charge in [0.1, 0.15) is 18.5 Å². The smallest absolute Gasteiger partial charge is 0.127 e. The van der Waals surface area contributed by atoms with Gasteiger partial charge in [-0.05, 0) is 6.42 Å². The second-order valence-corrected chi connectivity index (χ2v) is 6.33. The highest BCUT2D eigenvalue weighted by Gasteiger charge is 2.57. The number of rotatable bonds is 3. The van der Waals surface area contributed by atoms with Gasteiger partial charge in [-0.2, -0.15) is 0 Å². The average Bonchev–Trinajstić information content (AvgIpc) is 2.55. The van der Waals surface area contributed by atoms with Crippen molar-refractivity contribution < 1.29 is 15.0 Å². The van der Waals surface area contributed by atoms with E-state index in [9.17, 15) is 5.21 Å². The van der Waals surface area contributed by atoms with Gasteiger partial charge in [-0.15, -0.1) is 0 Å². The van der Waals surface area contributed by atoms with Crippen molar-refractivity contribution in [2.24, 2.45) is 16.5 Å². The number of unbranched alkanes of at least 4 members (excludes halogenated alkanes) is 1. The number of piperidine rings is 2. The molecule has 0 aromatic rings. The van der Waals surface area contributed by atoms with Crippen molar-refractivity contribution in [3.05, 3.63) is 0 Å². The molecule has 0 radical (unpaired) electrons. The van der Waals surface area contributed by atoms with Crippen LogP contribution in [0.15, 0.2) is 5.16 Å². The molecule has 4 saturated heterocycles. The predicted octanol–water partition coefficient (Wildman–Crippen LogP) is -1.58. The molecule has 0 amide bonds. The van der Waals surface area contributed by atoms with E-state index in [1.807, 2.05) is 0 Å². The lowest BCUT2D eigenvalue weighted by molar-refractivity contribution is -0.918. The molecule has 2 unspecified atom stereocenters. The molecule has 17 heavy (non-hydrogen) atoms. The van der Waals surface area contributed by atoms with Gasteiger partial charge in [0.25, 0.3) is 0 Å². The van der Waals surface area contributed by atoms with Crippen molar-refractivity contribution in [1.82, 2.24) is 0 Å². The zero-order valence-electron chi connectivity index (χ0n) is 10.8. The summed E-state index contributed by atoms with van der Waals surface area (Å²) >= 11 is 0. The number of nitrogens with one attached hydrogen (secondary N) is 2. The van der Waals surface area contributed by atoms with E-state index in [0.29, 0.717) is 5.92 Å². The number of quaternary nitrogens is 2. The molecule has 0 aromatic carbocycles. The van der Waals surface area contributed by atoms with Crippen molar-refractivity contribution in [3.8, 4) is 0 Å². The molecule has 4 aliphatic rings. The highest BCUT2D eigenvalue weighted by Crippen LogP contribution is 2.32. The fraction of sp³-hybridized carbons (Fsp3) is 0.923. The summed E-state index contributed by atoms with van der Waals surface area (Å²) in [6.45, 7) is 9.73. The van der Waals surface area contributed by atoms with E-state index < -0.39 is 0 Å². The van der Waals surface area contributed by atoms with Crippen molar-refractivity contribution in [2.45, 2.75) is 26.2 Å². The van der Waals surface area contributed by atoms with Crippen molar-refractivity contribution in [3.63, 3.8) is 0 Å². The Hall–Kier alpha value is -0.610. The maximum Gasteiger partial charge on any atom is 0.127 e. The molecule has 4 heteroatoms. The Morgan fingerprint density at radius 3 is 2.47 bits per heavy atom. The van der Waals surface area contributed by atoms with Crippen LogP contribution in [0.2, 0.25) is 0 Å². The van der Waals surface area contributed by atoms with Gasteiger partial charge in [0.15, 0.2) is 0 Å². The lowest BCUT2D eigenvalue weighted by Crippen LogP contribution is -3.17. The predicted molar refractivity (Wildman–Crippen MR) is 65.8 cm³/mol. The molecule has 0 aliphatic carbocycles. The normalized spacial score (nSPS) is 46.4. The second kappa shape index (κ2) is 4.25. The molecule has 3 N–H and O–H groups in total. The zero-order chi connectivity index (χ0) is 11.9. The first-order chi connectivity index (χ1) is 8.27. The second-order valence-electron chi connectivity index (χ2n) is 6.33. The summed E-state index contributed by atoms with van der Waals surface area (Å²) in [7, 11) is 0. The Bertz CT molecular complexity index is 313. The molecule has 4 rings (SSSR count). The van der Waals surface area contributed by atoms with Gasteiger partial charge in [-0.3, -0.25) is 0 Å². The minimum Gasteiger partial charge on any atom is -0.411 e. The van der Waals surface area contributed by atoms with Crippen LogP contribution in [0.25, 0.3) is 0 Å². The Morgan fingerprint density at radius 2 is 1.94 bits per heavy atom. The Balaban J connectivity index is 1.92. The van der Waals surface area contributed by atoms with Gasteiger partial charge < -0.3 is 15.0 Å². The third-order valence-corrected chi connectivity index (χ3v) is 5.13. The standard InChI is InChI=1S/C13H23N3O/c1-2-3-4-13-9-15-5-6-16(10-13)8-11(7-15)12(13)14-17/h11,17H,2-10H2,1H3/p+2/b14-12+. The first-order valence-electron chi connectivity index (χ1n) is 7.17. The largest absolute Gasteiger partial charge is 0.411 e. The van der Waals surface area contributed by atoms with Gasteiger partial charge in [-0.1, -0.05) is 24.9 Å². The van der Waals surface area contributed by atoms with Crippen molar-refractivity contribution in [2.75, 3.05) is 39.3 Å². The van der Waals surface area contributed by atoms with Crippen LogP contribution < -0.4 is 9.80 Å². The molecule has 0 saturated carbocycles. The third-order valence-electron chi connectivity index (χ3n) is 5.13. The summed E-state index contributed by atoms with van der Waals surface area (Å²) in [6, 6.07) is 0. The SMILES string of the molecule is CCCCC12C[NH+]3CC[NH+](CC(C3)/C1=N\O)C2. The Labute approximate surface area is 103 Å². The monoisotopic (exact) mass is 239 g/mol. The van der Waals surface area contributed by atoms with Gasteiger partial charge in [0, 0.05) is 0 Å². The van der Waals surface area contributed by atoms with Crippen LogP contribution >= 0.6 is 0 Å². The van der Waals surface area contributed by atoms with Gasteiger partial charge in [0.05, 0.1) is 37.8 Å². The molecule has 4 heterocycles. The molecule has 96 valence electrons. The molecule has 4 aliphatic heterocycles. The van der Waals surface area contributed by atoms with Crippen molar-refractivity contribution >= 4 is 5.71 Å². The maximum absolute atomic E-state index is 9.42. The van der Waals surface area contributed by atoms with E-state index in [-0.39, 0.29) is 5.41 Å². The van der Waals surface area contributed by atoms with Gasteiger partial charge in [-0.25, -0.2) is 0 Å². The van der Waals surface area contributed by atoms with E-state index in [1.165, 1.54) is 58.5 Å². The third kappa shape index (κ3) is 1.78. The zero-order valence-corrected chi connectivity index (χ0v) is 10.8. The van der Waals surface area contributed by atoms with Crippen LogP contribution in [0.1, 0.15) is 26.2 Å². The Kier molecular flexibility index (Phi) is 2.87. The lowest BCUT2D eigenvalue weighted by atomic mass is 9.68. The minimum absolute atomic E-state index is 0.229. The van der Waals surface area contributed by atoms with Crippen LogP contribution in [0.3, 0.4) is 0 Å². The first-order valence-corrected chi connectivity index (χ1v) is 7.17. The van der Waals surface area contributed by atoms with Crippen molar-refractivity contribution in [1.29, 1.82) is 0 Å². The van der Waals surface area contributed by atoms with Crippen LogP contribution in [0.4, 0.5) is 0 Å².